The van der Waals surface area contributed by atoms with Crippen LogP contribution in [0.15, 0.2) is 81.4 Å². The van der Waals surface area contributed by atoms with Crippen LogP contribution in [-0.2, 0) is 13.0 Å². The lowest BCUT2D eigenvalue weighted by molar-refractivity contribution is 0.336. The Balaban J connectivity index is 1.25. The van der Waals surface area contributed by atoms with Crippen LogP contribution >= 0.6 is 0 Å². The minimum Gasteiger partial charge on any atom is -0.491 e. The molecule has 40 heavy (non-hydrogen) atoms. The molecule has 11 heteroatoms. The van der Waals surface area contributed by atoms with Gasteiger partial charge < -0.3 is 4.74 Å². The maximum absolute atomic E-state index is 13.0. The van der Waals surface area contributed by atoms with E-state index in [4.69, 9.17) is 4.74 Å². The highest BCUT2D eigenvalue weighted by atomic mass is 16.5. The molecule has 4 heterocycles. The third-order valence-electron chi connectivity index (χ3n) is 6.97. The van der Waals surface area contributed by atoms with Gasteiger partial charge in [-0.05, 0) is 37.3 Å². The second kappa shape index (κ2) is 11.0. The van der Waals surface area contributed by atoms with Crippen molar-refractivity contribution in [3.05, 3.63) is 105 Å². The second-order valence-electron chi connectivity index (χ2n) is 9.68. The van der Waals surface area contributed by atoms with Crippen LogP contribution in [0.4, 0.5) is 0 Å². The Kier molecular flexibility index (Phi) is 7.00. The lowest BCUT2D eigenvalue weighted by atomic mass is 9.98. The Morgan fingerprint density at radius 2 is 1.80 bits per heavy atom. The molecule has 6 rings (SSSR count). The van der Waals surface area contributed by atoms with Crippen molar-refractivity contribution < 1.29 is 9.26 Å². The van der Waals surface area contributed by atoms with E-state index < -0.39 is 5.76 Å². The number of aromatic amines is 1. The number of hydrogen-bond donors (Lipinski definition) is 1. The first-order chi connectivity index (χ1) is 19.6. The monoisotopic (exact) mass is 537 g/mol. The number of aromatic nitrogens is 7. The number of ether oxygens (including phenoxy) is 1. The van der Waals surface area contributed by atoms with Gasteiger partial charge in [-0.1, -0.05) is 35.5 Å². The van der Waals surface area contributed by atoms with Gasteiger partial charge in [-0.3, -0.25) is 23.9 Å². The zero-order valence-electron chi connectivity index (χ0n) is 21.9. The SMILES string of the molecule is CCOc1cnc(C(Cc2nccc(=O)n2Cc2ccc(-c3ccccc3-c3noc(=O)[nH]3)nc2)C2CC2)nc1. The molecule has 202 valence electrons. The predicted octanol–water partition coefficient (Wildman–Crippen LogP) is 3.62. The van der Waals surface area contributed by atoms with Gasteiger partial charge in [-0.25, -0.2) is 19.7 Å². The Bertz CT molecular complexity index is 1720. The van der Waals surface area contributed by atoms with Gasteiger partial charge in [-0.15, -0.1) is 0 Å². The van der Waals surface area contributed by atoms with Gasteiger partial charge in [-0.2, -0.15) is 0 Å². The van der Waals surface area contributed by atoms with E-state index in [9.17, 15) is 9.59 Å². The number of H-pyrrole nitrogens is 1. The largest absolute Gasteiger partial charge is 0.491 e. The molecule has 1 N–H and O–H groups in total. The highest BCUT2D eigenvalue weighted by Gasteiger charge is 2.35. The van der Waals surface area contributed by atoms with Crippen molar-refractivity contribution >= 4 is 0 Å². The van der Waals surface area contributed by atoms with E-state index in [2.05, 4.69) is 34.6 Å². The molecule has 1 fully saturated rings. The molecular weight excluding hydrogens is 510 g/mol. The molecule has 0 saturated heterocycles. The first-order valence-electron chi connectivity index (χ1n) is 13.2. The molecule has 0 spiro atoms. The molecule has 11 nitrogen and oxygen atoms in total. The topological polar surface area (TPSA) is 142 Å². The molecule has 0 bridgehead atoms. The summed E-state index contributed by atoms with van der Waals surface area (Å²) < 4.78 is 11.9. The fourth-order valence-electron chi connectivity index (χ4n) is 4.85. The molecular formula is C29H27N7O4. The summed E-state index contributed by atoms with van der Waals surface area (Å²) in [6.45, 7) is 2.81. The number of rotatable bonds is 10. The summed E-state index contributed by atoms with van der Waals surface area (Å²) in [4.78, 5) is 45.4. The highest BCUT2D eigenvalue weighted by molar-refractivity contribution is 5.78. The van der Waals surface area contributed by atoms with Crippen molar-refractivity contribution in [2.45, 2.75) is 38.6 Å². The highest BCUT2D eigenvalue weighted by Crippen LogP contribution is 2.43. The molecule has 1 unspecified atom stereocenters. The third kappa shape index (κ3) is 5.44. The fourth-order valence-corrected chi connectivity index (χ4v) is 4.85. The number of nitrogens with zero attached hydrogens (tertiary/aromatic N) is 6. The van der Waals surface area contributed by atoms with Crippen molar-refractivity contribution in [2.75, 3.05) is 6.61 Å². The number of pyridine rings is 1. The fraction of sp³-hybridized carbons (Fsp3) is 0.276. The molecule has 0 aliphatic heterocycles. The van der Waals surface area contributed by atoms with E-state index in [0.29, 0.717) is 54.1 Å². The average molecular weight is 538 g/mol. The van der Waals surface area contributed by atoms with Gasteiger partial charge in [0.15, 0.2) is 11.6 Å². The smallest absolute Gasteiger partial charge is 0.439 e. The Labute approximate surface area is 229 Å². The van der Waals surface area contributed by atoms with Crippen LogP contribution in [0.2, 0.25) is 0 Å². The Morgan fingerprint density at radius 3 is 2.48 bits per heavy atom. The van der Waals surface area contributed by atoms with Crippen molar-refractivity contribution in [1.29, 1.82) is 0 Å². The van der Waals surface area contributed by atoms with E-state index in [1.165, 1.54) is 6.07 Å². The standard InChI is InChI=1S/C29H27N7O4/c1-2-39-20-15-32-27(33-16-20)23(19-8-9-19)13-25-30-12-11-26(37)36(25)17-18-7-10-24(31-14-18)21-5-3-4-6-22(21)28-34-29(38)40-35-28/h3-7,10-12,14-16,19,23H,2,8-9,13,17H2,1H3,(H,34,35,38). The quantitative estimate of drug-likeness (QED) is 0.283. The van der Waals surface area contributed by atoms with Gasteiger partial charge >= 0.3 is 5.76 Å². The molecule has 4 aromatic heterocycles. The van der Waals surface area contributed by atoms with Crippen molar-refractivity contribution in [2.24, 2.45) is 5.92 Å². The van der Waals surface area contributed by atoms with Gasteiger partial charge in [0.2, 0.25) is 0 Å². The lowest BCUT2D eigenvalue weighted by Gasteiger charge is -2.18. The molecule has 1 aliphatic carbocycles. The summed E-state index contributed by atoms with van der Waals surface area (Å²) in [6, 6.07) is 12.8. The summed E-state index contributed by atoms with van der Waals surface area (Å²) in [5.74, 6) is 2.31. The van der Waals surface area contributed by atoms with E-state index in [1.54, 1.807) is 29.4 Å². The maximum atomic E-state index is 13.0. The summed E-state index contributed by atoms with van der Waals surface area (Å²) >= 11 is 0. The summed E-state index contributed by atoms with van der Waals surface area (Å²) in [7, 11) is 0. The molecule has 1 aromatic carbocycles. The Morgan fingerprint density at radius 1 is 1.00 bits per heavy atom. The van der Waals surface area contributed by atoms with E-state index in [0.717, 1.165) is 29.8 Å². The first kappa shape index (κ1) is 25.4. The van der Waals surface area contributed by atoms with E-state index in [-0.39, 0.29) is 11.5 Å². The van der Waals surface area contributed by atoms with E-state index >= 15 is 0 Å². The van der Waals surface area contributed by atoms with Crippen LogP contribution in [0.25, 0.3) is 22.6 Å². The third-order valence-corrected chi connectivity index (χ3v) is 6.97. The van der Waals surface area contributed by atoms with Gasteiger partial charge in [0.25, 0.3) is 5.56 Å². The molecule has 5 aromatic rings. The van der Waals surface area contributed by atoms with Crippen LogP contribution in [0.3, 0.4) is 0 Å². The maximum Gasteiger partial charge on any atom is 0.439 e. The van der Waals surface area contributed by atoms with Crippen LogP contribution in [0.1, 0.15) is 42.9 Å². The minimum atomic E-state index is -0.621. The van der Waals surface area contributed by atoms with Gasteiger partial charge in [0, 0.05) is 41.9 Å². The van der Waals surface area contributed by atoms with Crippen LogP contribution in [0, 0.1) is 5.92 Å². The zero-order chi connectivity index (χ0) is 27.5. The number of nitrogens with one attached hydrogen (secondary N) is 1. The molecule has 1 aliphatic rings. The normalized spacial score (nSPS) is 13.7. The number of hydrogen-bond acceptors (Lipinski definition) is 9. The summed E-state index contributed by atoms with van der Waals surface area (Å²) in [5, 5.41) is 3.81. The first-order valence-corrected chi connectivity index (χ1v) is 13.2. The van der Waals surface area contributed by atoms with Crippen molar-refractivity contribution in [3.8, 4) is 28.4 Å². The van der Waals surface area contributed by atoms with Crippen molar-refractivity contribution in [1.82, 2.24) is 34.6 Å². The Hall–Kier alpha value is -4.93. The number of benzene rings is 1. The second-order valence-corrected chi connectivity index (χ2v) is 9.68. The molecule has 0 amide bonds. The minimum absolute atomic E-state index is 0.0659. The lowest BCUT2D eigenvalue weighted by Crippen LogP contribution is -2.26. The summed E-state index contributed by atoms with van der Waals surface area (Å²) in [6.07, 6.45) is 9.49. The average Bonchev–Trinajstić information content (AvgIpc) is 3.73. The van der Waals surface area contributed by atoms with Gasteiger partial charge in [0.05, 0.1) is 31.2 Å². The summed E-state index contributed by atoms with van der Waals surface area (Å²) in [5.41, 5.74) is 2.91. The zero-order valence-corrected chi connectivity index (χ0v) is 21.9. The van der Waals surface area contributed by atoms with Crippen LogP contribution in [-0.4, -0.2) is 41.3 Å². The van der Waals surface area contributed by atoms with Crippen LogP contribution in [0.5, 0.6) is 5.75 Å². The van der Waals surface area contributed by atoms with Crippen LogP contribution < -0.4 is 16.1 Å². The van der Waals surface area contributed by atoms with Crippen molar-refractivity contribution in [3.63, 3.8) is 0 Å². The molecule has 1 saturated carbocycles. The molecule has 1 atom stereocenters. The van der Waals surface area contributed by atoms with E-state index in [1.807, 2.05) is 43.3 Å². The molecule has 0 radical (unpaired) electrons. The van der Waals surface area contributed by atoms with Gasteiger partial charge in [0.1, 0.15) is 11.6 Å². The predicted molar refractivity (Wildman–Crippen MR) is 146 cm³/mol.